The smallest absolute Gasteiger partial charge is 0.227 e. The Bertz CT molecular complexity index is 945. The normalized spacial score (nSPS) is 13.8. The van der Waals surface area contributed by atoms with E-state index in [4.69, 9.17) is 15.2 Å². The van der Waals surface area contributed by atoms with Crippen molar-refractivity contribution in [2.45, 2.75) is 25.7 Å². The van der Waals surface area contributed by atoms with Crippen LogP contribution in [0.4, 0.5) is 5.69 Å². The lowest BCUT2D eigenvalue weighted by Crippen LogP contribution is -2.35. The van der Waals surface area contributed by atoms with Gasteiger partial charge in [0.05, 0.1) is 26.3 Å². The maximum absolute atomic E-state index is 12.8. The number of anilines is 1. The molecular formula is C24H31Br2N3O3. The monoisotopic (exact) mass is 567 g/mol. The molecule has 0 saturated heterocycles. The minimum absolute atomic E-state index is 0.176. The van der Waals surface area contributed by atoms with Gasteiger partial charge in [-0.1, -0.05) is 0 Å². The van der Waals surface area contributed by atoms with Crippen LogP contribution in [0, 0.1) is 0 Å². The number of fused-ring (bicyclic) bond motifs is 1. The number of hydrogen-bond acceptors (Lipinski definition) is 5. The molecule has 32 heavy (non-hydrogen) atoms. The first-order valence-electron chi connectivity index (χ1n) is 10.8. The third-order valence-electron chi connectivity index (χ3n) is 5.94. The van der Waals surface area contributed by atoms with Crippen LogP contribution in [0.2, 0.25) is 0 Å². The van der Waals surface area contributed by atoms with Crippen LogP contribution in [0.5, 0.6) is 11.5 Å². The number of hydrogen-bond donors (Lipinski definition) is 1. The van der Waals surface area contributed by atoms with Crippen LogP contribution in [0.3, 0.4) is 0 Å². The van der Waals surface area contributed by atoms with Gasteiger partial charge in [-0.05, 0) is 106 Å². The SMILES string of the molecule is COc1cc2c(cc1OC)CC(=O)N(CCCN(C)CCc1cc(Br)c(N)c(Br)c1)CC2. The van der Waals surface area contributed by atoms with E-state index in [1.807, 2.05) is 17.0 Å². The van der Waals surface area contributed by atoms with E-state index in [1.54, 1.807) is 14.2 Å². The zero-order chi connectivity index (χ0) is 23.3. The van der Waals surface area contributed by atoms with Crippen molar-refractivity contribution in [2.75, 3.05) is 53.2 Å². The summed E-state index contributed by atoms with van der Waals surface area (Å²) in [6, 6.07) is 8.10. The van der Waals surface area contributed by atoms with Gasteiger partial charge in [0.1, 0.15) is 0 Å². The van der Waals surface area contributed by atoms with Crippen LogP contribution in [-0.4, -0.2) is 63.2 Å². The summed E-state index contributed by atoms with van der Waals surface area (Å²) in [5.41, 5.74) is 10.1. The van der Waals surface area contributed by atoms with Crippen LogP contribution in [0.25, 0.3) is 0 Å². The number of halogens is 2. The Labute approximate surface area is 207 Å². The molecule has 0 atom stereocenters. The summed E-state index contributed by atoms with van der Waals surface area (Å²) in [6.07, 6.45) is 3.13. The second-order valence-corrected chi connectivity index (χ2v) is 9.87. The molecule has 1 aliphatic rings. The zero-order valence-corrected chi connectivity index (χ0v) is 22.1. The summed E-state index contributed by atoms with van der Waals surface area (Å²) in [5.74, 6) is 1.57. The van der Waals surface area contributed by atoms with Gasteiger partial charge in [-0.25, -0.2) is 0 Å². The predicted octanol–water partition coefficient (Wildman–Crippen LogP) is 4.30. The van der Waals surface area contributed by atoms with Gasteiger partial charge in [-0.15, -0.1) is 0 Å². The number of nitrogens with two attached hydrogens (primary N) is 1. The summed E-state index contributed by atoms with van der Waals surface area (Å²) in [4.78, 5) is 17.1. The van der Waals surface area contributed by atoms with Gasteiger partial charge < -0.3 is 25.0 Å². The number of nitrogens with zero attached hydrogens (tertiary/aromatic N) is 2. The van der Waals surface area contributed by atoms with Crippen molar-refractivity contribution in [3.8, 4) is 11.5 Å². The number of methoxy groups -OCH3 is 2. The Morgan fingerprint density at radius 1 is 1.03 bits per heavy atom. The Balaban J connectivity index is 1.49. The van der Waals surface area contributed by atoms with E-state index in [2.05, 4.69) is 55.9 Å². The highest BCUT2D eigenvalue weighted by molar-refractivity contribution is 9.11. The van der Waals surface area contributed by atoms with Crippen LogP contribution >= 0.6 is 31.9 Å². The second-order valence-electron chi connectivity index (χ2n) is 8.16. The molecule has 0 unspecified atom stereocenters. The van der Waals surface area contributed by atoms with Crippen LogP contribution in [-0.2, 0) is 24.1 Å². The predicted molar refractivity (Wildman–Crippen MR) is 136 cm³/mol. The van der Waals surface area contributed by atoms with Crippen molar-refractivity contribution in [3.05, 3.63) is 49.9 Å². The molecule has 8 heteroatoms. The fourth-order valence-corrected chi connectivity index (χ4v) is 5.28. The van der Waals surface area contributed by atoms with Gasteiger partial charge in [0.2, 0.25) is 5.91 Å². The first-order valence-corrected chi connectivity index (χ1v) is 12.3. The molecule has 2 aromatic carbocycles. The zero-order valence-electron chi connectivity index (χ0n) is 18.9. The van der Waals surface area contributed by atoms with Crippen LogP contribution in [0.1, 0.15) is 23.1 Å². The highest BCUT2D eigenvalue weighted by atomic mass is 79.9. The Morgan fingerprint density at radius 3 is 2.28 bits per heavy atom. The first kappa shape index (κ1) is 24.9. The molecule has 1 heterocycles. The van der Waals surface area contributed by atoms with E-state index in [0.29, 0.717) is 17.9 Å². The lowest BCUT2D eigenvalue weighted by atomic mass is 10.0. The molecule has 1 aliphatic heterocycles. The quantitative estimate of drug-likeness (QED) is 0.457. The molecule has 0 aliphatic carbocycles. The van der Waals surface area contributed by atoms with Gasteiger partial charge in [-0.3, -0.25) is 4.79 Å². The Hall–Kier alpha value is -1.77. The molecular weight excluding hydrogens is 538 g/mol. The minimum Gasteiger partial charge on any atom is -0.493 e. The molecule has 0 bridgehead atoms. The minimum atomic E-state index is 0.176. The number of likely N-dealkylation sites (N-methyl/N-ethyl adjacent to an activating group) is 1. The van der Waals surface area contributed by atoms with Crippen molar-refractivity contribution in [1.29, 1.82) is 0 Å². The summed E-state index contributed by atoms with van der Waals surface area (Å²) in [7, 11) is 5.39. The average molecular weight is 569 g/mol. The topological polar surface area (TPSA) is 68.0 Å². The molecule has 0 fully saturated rings. The molecule has 0 radical (unpaired) electrons. The molecule has 2 N–H and O–H groups in total. The third kappa shape index (κ3) is 6.17. The van der Waals surface area contributed by atoms with Crippen molar-refractivity contribution in [1.82, 2.24) is 9.80 Å². The van der Waals surface area contributed by atoms with Gasteiger partial charge in [0.25, 0.3) is 0 Å². The lowest BCUT2D eigenvalue weighted by Gasteiger charge is -2.23. The maximum Gasteiger partial charge on any atom is 0.227 e. The molecule has 3 rings (SSSR count). The van der Waals surface area contributed by atoms with Crippen LogP contribution in [0.15, 0.2) is 33.2 Å². The van der Waals surface area contributed by atoms with Gasteiger partial charge in [-0.2, -0.15) is 0 Å². The highest BCUT2D eigenvalue weighted by Gasteiger charge is 2.22. The number of benzene rings is 2. The molecule has 0 aromatic heterocycles. The number of rotatable bonds is 9. The highest BCUT2D eigenvalue weighted by Crippen LogP contribution is 2.32. The summed E-state index contributed by atoms with van der Waals surface area (Å²) < 4.78 is 12.7. The Kier molecular flexibility index (Phi) is 8.85. The molecule has 0 spiro atoms. The van der Waals surface area contributed by atoms with Crippen molar-refractivity contribution in [3.63, 3.8) is 0 Å². The fourth-order valence-electron chi connectivity index (χ4n) is 4.00. The molecule has 0 saturated carbocycles. The average Bonchev–Trinajstić information content (AvgIpc) is 2.92. The van der Waals surface area contributed by atoms with Crippen molar-refractivity contribution >= 4 is 43.5 Å². The van der Waals surface area contributed by atoms with E-state index in [-0.39, 0.29) is 5.91 Å². The number of nitrogen functional groups attached to an aromatic ring is 1. The number of amides is 1. The number of carbonyl (C=O) groups excluding carboxylic acids is 1. The van der Waals surface area contributed by atoms with E-state index in [0.717, 1.165) is 71.2 Å². The van der Waals surface area contributed by atoms with Gasteiger partial charge in [0.15, 0.2) is 11.5 Å². The molecule has 1 amide bonds. The van der Waals surface area contributed by atoms with Gasteiger partial charge >= 0.3 is 0 Å². The van der Waals surface area contributed by atoms with Crippen LogP contribution < -0.4 is 15.2 Å². The largest absolute Gasteiger partial charge is 0.493 e. The number of ether oxygens (including phenoxy) is 2. The first-order chi connectivity index (χ1) is 15.3. The lowest BCUT2D eigenvalue weighted by molar-refractivity contribution is -0.130. The van der Waals surface area contributed by atoms with Crippen molar-refractivity contribution in [2.24, 2.45) is 0 Å². The standard InChI is InChI=1S/C24H31Br2N3O3/c1-28(9-5-16-11-19(25)24(27)20(26)12-16)7-4-8-29-10-6-17-13-21(31-2)22(32-3)14-18(17)15-23(29)30/h11-14H,4-10,15,27H2,1-3H3. The molecule has 174 valence electrons. The fraction of sp³-hybridized carbons (Fsp3) is 0.458. The van der Waals surface area contributed by atoms with Gasteiger partial charge in [0, 0.05) is 28.6 Å². The maximum atomic E-state index is 12.8. The van der Waals surface area contributed by atoms with E-state index < -0.39 is 0 Å². The van der Waals surface area contributed by atoms with E-state index in [1.165, 1.54) is 5.56 Å². The third-order valence-corrected chi connectivity index (χ3v) is 7.25. The van der Waals surface area contributed by atoms with Crippen molar-refractivity contribution < 1.29 is 14.3 Å². The Morgan fingerprint density at radius 2 is 1.66 bits per heavy atom. The summed E-state index contributed by atoms with van der Waals surface area (Å²) in [6.45, 7) is 3.39. The van der Waals surface area contributed by atoms with E-state index in [9.17, 15) is 4.79 Å². The van der Waals surface area contributed by atoms with E-state index >= 15 is 0 Å². The molecule has 2 aromatic rings. The second kappa shape index (κ2) is 11.4. The molecule has 6 nitrogen and oxygen atoms in total. The summed E-state index contributed by atoms with van der Waals surface area (Å²) in [5, 5.41) is 0. The summed E-state index contributed by atoms with van der Waals surface area (Å²) >= 11 is 7.02. The number of carbonyl (C=O) groups is 1.